The van der Waals surface area contributed by atoms with Crippen LogP contribution in [0, 0.1) is 5.41 Å². The molecule has 0 bridgehead atoms. The van der Waals surface area contributed by atoms with Crippen molar-refractivity contribution in [2.45, 2.75) is 163 Å². The van der Waals surface area contributed by atoms with Gasteiger partial charge in [-0.05, 0) is 57.4 Å². The van der Waals surface area contributed by atoms with Crippen molar-refractivity contribution in [3.05, 3.63) is 58.7 Å². The van der Waals surface area contributed by atoms with E-state index in [0.717, 1.165) is 18.4 Å². The number of allylic oxidation sites excluding steroid dienone is 9. The second kappa shape index (κ2) is 20.6. The molecule has 0 aromatic rings. The highest BCUT2D eigenvalue weighted by atomic mass is 16.3. The molecule has 1 atom stereocenters. The van der Waals surface area contributed by atoms with Gasteiger partial charge in [-0.3, -0.25) is 0 Å². The van der Waals surface area contributed by atoms with E-state index in [2.05, 4.69) is 71.9 Å². The first-order valence-electron chi connectivity index (χ1n) is 15.9. The van der Waals surface area contributed by atoms with Crippen LogP contribution in [0.15, 0.2) is 58.7 Å². The molecule has 0 aromatic carbocycles. The summed E-state index contributed by atoms with van der Waals surface area (Å²) in [6.07, 6.45) is 36.6. The fourth-order valence-corrected chi connectivity index (χ4v) is 5.62. The number of aliphatic hydroxyl groups is 1. The lowest BCUT2D eigenvalue weighted by atomic mass is 9.72. The van der Waals surface area contributed by atoms with Crippen LogP contribution in [0.2, 0.25) is 0 Å². The van der Waals surface area contributed by atoms with Crippen molar-refractivity contribution in [2.75, 3.05) is 0 Å². The number of hydrogen-bond donors (Lipinski definition) is 1. The van der Waals surface area contributed by atoms with Crippen LogP contribution >= 0.6 is 0 Å². The van der Waals surface area contributed by atoms with Gasteiger partial charge in [-0.25, -0.2) is 0 Å². The molecule has 0 heterocycles. The third-order valence-corrected chi connectivity index (χ3v) is 8.08. The molecule has 1 heteroatoms. The molecule has 1 aliphatic rings. The van der Waals surface area contributed by atoms with Crippen LogP contribution in [-0.4, -0.2) is 11.2 Å². The van der Waals surface area contributed by atoms with Gasteiger partial charge in [-0.2, -0.15) is 0 Å². The minimum absolute atomic E-state index is 0.289. The summed E-state index contributed by atoms with van der Waals surface area (Å²) in [6.45, 7) is 13.6. The molecule has 0 spiro atoms. The van der Waals surface area contributed by atoms with Crippen molar-refractivity contribution in [2.24, 2.45) is 5.41 Å². The molecule has 37 heavy (non-hydrogen) atoms. The van der Waals surface area contributed by atoms with Gasteiger partial charge in [0.05, 0.1) is 6.10 Å². The Morgan fingerprint density at radius 2 is 1.35 bits per heavy atom. The molecule has 1 N–H and O–H groups in total. The number of rotatable bonds is 20. The van der Waals surface area contributed by atoms with E-state index in [1.807, 2.05) is 6.08 Å². The van der Waals surface area contributed by atoms with Gasteiger partial charge in [0.2, 0.25) is 0 Å². The summed E-state index contributed by atoms with van der Waals surface area (Å²) in [5, 5.41) is 10.4. The van der Waals surface area contributed by atoms with Gasteiger partial charge in [0.1, 0.15) is 0 Å². The average molecular weight is 511 g/mol. The number of aliphatic hydroxyl groups excluding tert-OH is 1. The maximum atomic E-state index is 10.4. The topological polar surface area (TPSA) is 20.2 Å². The Hall–Kier alpha value is -1.34. The van der Waals surface area contributed by atoms with Crippen molar-refractivity contribution in [1.29, 1.82) is 0 Å². The zero-order valence-corrected chi connectivity index (χ0v) is 25.7. The van der Waals surface area contributed by atoms with Crippen LogP contribution < -0.4 is 0 Å². The van der Waals surface area contributed by atoms with Gasteiger partial charge in [0.15, 0.2) is 0 Å². The fourth-order valence-electron chi connectivity index (χ4n) is 5.62. The molecule has 1 nitrogen and oxygen atoms in total. The Balaban J connectivity index is 2.16. The molecule has 0 saturated carbocycles. The van der Waals surface area contributed by atoms with E-state index in [9.17, 15) is 5.11 Å². The summed E-state index contributed by atoms with van der Waals surface area (Å²) < 4.78 is 0. The van der Waals surface area contributed by atoms with Gasteiger partial charge in [0.25, 0.3) is 0 Å². The highest BCUT2D eigenvalue weighted by Crippen LogP contribution is 2.40. The maximum absolute atomic E-state index is 10.4. The van der Waals surface area contributed by atoms with Crippen molar-refractivity contribution >= 4 is 0 Å². The molecule has 1 rings (SSSR count). The Morgan fingerprint density at radius 3 is 1.89 bits per heavy atom. The van der Waals surface area contributed by atoms with Crippen LogP contribution in [0.4, 0.5) is 0 Å². The summed E-state index contributed by atoms with van der Waals surface area (Å²) >= 11 is 0. The second-order valence-electron chi connectivity index (χ2n) is 12.4. The number of unbranched alkanes of at least 4 members (excludes halogenated alkanes) is 13. The van der Waals surface area contributed by atoms with Crippen LogP contribution in [0.5, 0.6) is 0 Å². The molecular formula is C36H62O. The molecule has 0 aliphatic heterocycles. The molecule has 0 radical (unpaired) electrons. The summed E-state index contributed by atoms with van der Waals surface area (Å²) in [5.41, 5.74) is 5.74. The van der Waals surface area contributed by atoms with Gasteiger partial charge < -0.3 is 5.11 Å². The Kier molecular flexibility index (Phi) is 18.8. The Labute approximate surface area is 232 Å². The Morgan fingerprint density at radius 1 is 0.811 bits per heavy atom. The number of hydrogen-bond acceptors (Lipinski definition) is 1. The molecule has 0 aromatic heterocycles. The lowest BCUT2D eigenvalue weighted by Crippen LogP contribution is -2.19. The maximum Gasteiger partial charge on any atom is 0.0726 e. The van der Waals surface area contributed by atoms with E-state index < -0.39 is 0 Å². The molecule has 1 unspecified atom stereocenters. The zero-order chi connectivity index (χ0) is 27.4. The normalized spacial score (nSPS) is 17.9. The van der Waals surface area contributed by atoms with Gasteiger partial charge in [-0.1, -0.05) is 164 Å². The van der Waals surface area contributed by atoms with E-state index >= 15 is 0 Å². The van der Waals surface area contributed by atoms with E-state index in [4.69, 9.17) is 0 Å². The molecule has 0 amide bonds. The quantitative estimate of drug-likeness (QED) is 0.127. The largest absolute Gasteiger partial charge is 0.389 e. The van der Waals surface area contributed by atoms with Crippen molar-refractivity contribution in [1.82, 2.24) is 0 Å². The minimum Gasteiger partial charge on any atom is -0.389 e. The van der Waals surface area contributed by atoms with Gasteiger partial charge >= 0.3 is 0 Å². The molecule has 1 aliphatic carbocycles. The van der Waals surface area contributed by atoms with Crippen LogP contribution in [0.1, 0.15) is 157 Å². The summed E-state index contributed by atoms with van der Waals surface area (Å²) in [5.74, 6) is 0. The minimum atomic E-state index is -0.324. The highest BCUT2D eigenvalue weighted by Gasteiger charge is 2.26. The molecule has 0 fully saturated rings. The SMILES string of the molecule is CCCCCCCCCCCCCCCCC(O)C=C(C)C=CC=C(C)C=CC1=C(C)CCCC1(C)C. The lowest BCUT2D eigenvalue weighted by molar-refractivity contribution is 0.207. The van der Waals surface area contributed by atoms with E-state index in [-0.39, 0.29) is 11.5 Å². The first kappa shape index (κ1) is 33.7. The standard InChI is InChI=1S/C36H62O/c1-7-8-9-10-11-12-13-14-15-16-17-18-19-20-26-34(37)30-32(3)24-21-23-31(2)27-28-35-33(4)25-22-29-36(35,5)6/h21,23-24,27-28,30,34,37H,7-20,22,25-26,29H2,1-6H3. The van der Waals surface area contributed by atoms with Gasteiger partial charge in [0, 0.05) is 0 Å². The van der Waals surface area contributed by atoms with Crippen molar-refractivity contribution < 1.29 is 5.11 Å². The van der Waals surface area contributed by atoms with Crippen LogP contribution in [-0.2, 0) is 0 Å². The monoisotopic (exact) mass is 510 g/mol. The first-order valence-corrected chi connectivity index (χ1v) is 15.9. The molecule has 0 saturated heterocycles. The molecule has 212 valence electrons. The predicted octanol–water partition coefficient (Wildman–Crippen LogP) is 11.8. The second-order valence-corrected chi connectivity index (χ2v) is 12.4. The van der Waals surface area contributed by atoms with E-state index in [1.54, 1.807) is 5.57 Å². The third kappa shape index (κ3) is 17.0. The van der Waals surface area contributed by atoms with Crippen LogP contribution in [0.25, 0.3) is 0 Å². The predicted molar refractivity (Wildman–Crippen MR) is 167 cm³/mol. The highest BCUT2D eigenvalue weighted by molar-refractivity contribution is 5.37. The van der Waals surface area contributed by atoms with Gasteiger partial charge in [-0.15, -0.1) is 0 Å². The average Bonchev–Trinajstić information content (AvgIpc) is 2.83. The molecular weight excluding hydrogens is 448 g/mol. The summed E-state index contributed by atoms with van der Waals surface area (Å²) in [6, 6.07) is 0. The smallest absolute Gasteiger partial charge is 0.0726 e. The van der Waals surface area contributed by atoms with Crippen molar-refractivity contribution in [3.63, 3.8) is 0 Å². The first-order chi connectivity index (χ1) is 17.8. The van der Waals surface area contributed by atoms with Crippen LogP contribution in [0.3, 0.4) is 0 Å². The summed E-state index contributed by atoms with van der Waals surface area (Å²) in [4.78, 5) is 0. The fraction of sp³-hybridized carbons (Fsp3) is 0.722. The van der Waals surface area contributed by atoms with Crippen molar-refractivity contribution in [3.8, 4) is 0 Å². The van der Waals surface area contributed by atoms with E-state index in [0.29, 0.717) is 0 Å². The third-order valence-electron chi connectivity index (χ3n) is 8.08. The van der Waals surface area contributed by atoms with E-state index in [1.165, 1.54) is 114 Å². The lowest BCUT2D eigenvalue weighted by Gasteiger charge is -2.32. The Bertz CT molecular complexity index is 743. The zero-order valence-electron chi connectivity index (χ0n) is 25.7. The summed E-state index contributed by atoms with van der Waals surface area (Å²) in [7, 11) is 0.